The Morgan fingerprint density at radius 2 is 2.45 bits per heavy atom. The van der Waals surface area contributed by atoms with Crippen LogP contribution in [0.2, 0.25) is 0 Å². The lowest BCUT2D eigenvalue weighted by Gasteiger charge is -2.33. The average molecular weight is 154 g/mol. The van der Waals surface area contributed by atoms with Crippen molar-refractivity contribution in [2.24, 2.45) is 11.3 Å². The maximum atomic E-state index is 10.7. The smallest absolute Gasteiger partial charge is 0.129 e. The van der Waals surface area contributed by atoms with Crippen LogP contribution in [0.15, 0.2) is 12.2 Å². The Labute approximate surface area is 66.9 Å². The fraction of sp³-hybridized carbons (Fsp3) is 0.667. The van der Waals surface area contributed by atoms with Crippen molar-refractivity contribution in [3.8, 4) is 0 Å². The van der Waals surface area contributed by atoms with Gasteiger partial charge in [-0.25, -0.2) is 0 Å². The minimum atomic E-state index is -0.491. The minimum absolute atomic E-state index is 0.0258. The van der Waals surface area contributed by atoms with Crippen LogP contribution in [-0.2, 0) is 4.79 Å². The summed E-state index contributed by atoms with van der Waals surface area (Å²) in [6, 6.07) is 0. The number of carbonyl (C=O) groups is 1. The molecule has 0 bridgehead atoms. The van der Waals surface area contributed by atoms with E-state index in [0.29, 0.717) is 6.42 Å². The standard InChI is InChI=1S/C9H14O2/c1-8-4-2-3-5-9(8,6-10)7-11/h2-3,6,8,11H,4-5,7H2,1H3. The van der Waals surface area contributed by atoms with Crippen molar-refractivity contribution in [3.05, 3.63) is 12.2 Å². The molecule has 0 amide bonds. The molecule has 0 aliphatic heterocycles. The van der Waals surface area contributed by atoms with Crippen LogP contribution in [0.5, 0.6) is 0 Å². The van der Waals surface area contributed by atoms with Gasteiger partial charge in [-0.15, -0.1) is 0 Å². The van der Waals surface area contributed by atoms with E-state index in [1.54, 1.807) is 0 Å². The van der Waals surface area contributed by atoms with Gasteiger partial charge in [0.05, 0.1) is 12.0 Å². The highest BCUT2D eigenvalue weighted by atomic mass is 16.3. The van der Waals surface area contributed by atoms with Crippen molar-refractivity contribution >= 4 is 6.29 Å². The molecule has 2 nitrogen and oxygen atoms in total. The first-order valence-electron chi connectivity index (χ1n) is 3.97. The van der Waals surface area contributed by atoms with E-state index in [2.05, 4.69) is 6.08 Å². The van der Waals surface area contributed by atoms with E-state index in [9.17, 15) is 4.79 Å². The van der Waals surface area contributed by atoms with Crippen molar-refractivity contribution in [1.82, 2.24) is 0 Å². The molecule has 1 aliphatic rings. The molecule has 11 heavy (non-hydrogen) atoms. The molecule has 0 aromatic heterocycles. The van der Waals surface area contributed by atoms with E-state index in [4.69, 9.17) is 5.11 Å². The molecule has 1 aliphatic carbocycles. The van der Waals surface area contributed by atoms with Gasteiger partial charge in [0.1, 0.15) is 6.29 Å². The number of aldehydes is 1. The molecule has 2 heteroatoms. The van der Waals surface area contributed by atoms with Crippen LogP contribution >= 0.6 is 0 Å². The van der Waals surface area contributed by atoms with E-state index < -0.39 is 5.41 Å². The largest absolute Gasteiger partial charge is 0.395 e. The number of rotatable bonds is 2. The summed E-state index contributed by atoms with van der Waals surface area (Å²) in [5.74, 6) is 0.273. The SMILES string of the molecule is CC1CC=CCC1(C=O)CO. The van der Waals surface area contributed by atoms with Gasteiger partial charge < -0.3 is 9.90 Å². The Bertz CT molecular complexity index is 174. The normalized spacial score (nSPS) is 37.1. The molecule has 0 heterocycles. The van der Waals surface area contributed by atoms with Crippen LogP contribution < -0.4 is 0 Å². The predicted molar refractivity (Wildman–Crippen MR) is 43.1 cm³/mol. The van der Waals surface area contributed by atoms with Crippen LogP contribution in [0.3, 0.4) is 0 Å². The predicted octanol–water partition coefficient (Wildman–Crippen LogP) is 1.15. The zero-order chi connectivity index (χ0) is 8.32. The fourth-order valence-electron chi connectivity index (χ4n) is 1.46. The highest BCUT2D eigenvalue weighted by Gasteiger charge is 2.35. The number of aliphatic hydroxyl groups excluding tert-OH is 1. The summed E-state index contributed by atoms with van der Waals surface area (Å²) in [6.45, 7) is 1.98. The third kappa shape index (κ3) is 1.36. The Balaban J connectivity index is 2.80. The molecule has 0 fully saturated rings. The quantitative estimate of drug-likeness (QED) is 0.478. The number of hydrogen-bond acceptors (Lipinski definition) is 2. The summed E-state index contributed by atoms with van der Waals surface area (Å²) in [6.07, 6.45) is 6.54. The van der Waals surface area contributed by atoms with Crippen LogP contribution in [-0.4, -0.2) is 18.0 Å². The minimum Gasteiger partial charge on any atom is -0.395 e. The average Bonchev–Trinajstić information content (AvgIpc) is 2.06. The molecule has 0 radical (unpaired) electrons. The van der Waals surface area contributed by atoms with Gasteiger partial charge in [0.25, 0.3) is 0 Å². The zero-order valence-electron chi connectivity index (χ0n) is 6.79. The van der Waals surface area contributed by atoms with Crippen molar-refractivity contribution in [1.29, 1.82) is 0 Å². The van der Waals surface area contributed by atoms with Crippen molar-refractivity contribution in [3.63, 3.8) is 0 Å². The van der Waals surface area contributed by atoms with Crippen molar-refractivity contribution in [2.45, 2.75) is 19.8 Å². The highest BCUT2D eigenvalue weighted by Crippen LogP contribution is 2.35. The van der Waals surface area contributed by atoms with Crippen LogP contribution in [0.4, 0.5) is 0 Å². The molecule has 0 aromatic carbocycles. The first-order valence-corrected chi connectivity index (χ1v) is 3.97. The maximum absolute atomic E-state index is 10.7. The van der Waals surface area contributed by atoms with Crippen LogP contribution in [0.25, 0.3) is 0 Å². The lowest BCUT2D eigenvalue weighted by molar-refractivity contribution is -0.121. The zero-order valence-corrected chi connectivity index (χ0v) is 6.79. The van der Waals surface area contributed by atoms with E-state index in [1.807, 2.05) is 13.0 Å². The van der Waals surface area contributed by atoms with Gasteiger partial charge in [0.15, 0.2) is 0 Å². The van der Waals surface area contributed by atoms with Gasteiger partial charge in [-0.3, -0.25) is 0 Å². The second kappa shape index (κ2) is 3.18. The van der Waals surface area contributed by atoms with Gasteiger partial charge in [-0.05, 0) is 18.8 Å². The summed E-state index contributed by atoms with van der Waals surface area (Å²) >= 11 is 0. The van der Waals surface area contributed by atoms with Gasteiger partial charge in [0, 0.05) is 0 Å². The summed E-state index contributed by atoms with van der Waals surface area (Å²) in [7, 11) is 0. The summed E-state index contributed by atoms with van der Waals surface area (Å²) in [5.41, 5.74) is -0.491. The number of carbonyl (C=O) groups excluding carboxylic acids is 1. The molecular weight excluding hydrogens is 140 g/mol. The first kappa shape index (κ1) is 8.47. The van der Waals surface area contributed by atoms with E-state index >= 15 is 0 Å². The molecule has 1 rings (SSSR count). The maximum Gasteiger partial charge on any atom is 0.129 e. The second-order valence-electron chi connectivity index (χ2n) is 3.32. The van der Waals surface area contributed by atoms with Crippen molar-refractivity contribution < 1.29 is 9.90 Å². The molecule has 1 N–H and O–H groups in total. The van der Waals surface area contributed by atoms with Gasteiger partial charge >= 0.3 is 0 Å². The van der Waals surface area contributed by atoms with E-state index in [0.717, 1.165) is 12.7 Å². The summed E-state index contributed by atoms with van der Waals surface area (Å²) < 4.78 is 0. The summed E-state index contributed by atoms with van der Waals surface area (Å²) in [5, 5.41) is 9.05. The molecule has 0 saturated heterocycles. The van der Waals surface area contributed by atoms with Crippen LogP contribution in [0, 0.1) is 11.3 Å². The lowest BCUT2D eigenvalue weighted by atomic mass is 9.71. The third-order valence-corrected chi connectivity index (χ3v) is 2.66. The fourth-order valence-corrected chi connectivity index (χ4v) is 1.46. The summed E-state index contributed by atoms with van der Waals surface area (Å²) in [4.78, 5) is 10.7. The Morgan fingerprint density at radius 3 is 2.82 bits per heavy atom. The van der Waals surface area contributed by atoms with Gasteiger partial charge in [-0.2, -0.15) is 0 Å². The van der Waals surface area contributed by atoms with E-state index in [1.165, 1.54) is 0 Å². The molecule has 0 saturated carbocycles. The number of aliphatic hydroxyl groups is 1. The number of allylic oxidation sites excluding steroid dienone is 2. The lowest BCUT2D eigenvalue weighted by Crippen LogP contribution is -2.35. The molecule has 2 unspecified atom stereocenters. The Hall–Kier alpha value is -0.630. The first-order chi connectivity index (χ1) is 5.25. The Kier molecular flexibility index (Phi) is 2.45. The molecule has 0 aromatic rings. The topological polar surface area (TPSA) is 37.3 Å². The van der Waals surface area contributed by atoms with Gasteiger partial charge in [-0.1, -0.05) is 19.1 Å². The molecular formula is C9H14O2. The highest BCUT2D eigenvalue weighted by molar-refractivity contribution is 5.61. The monoisotopic (exact) mass is 154 g/mol. The third-order valence-electron chi connectivity index (χ3n) is 2.66. The molecule has 2 atom stereocenters. The second-order valence-corrected chi connectivity index (χ2v) is 3.32. The Morgan fingerprint density at radius 1 is 1.73 bits per heavy atom. The van der Waals surface area contributed by atoms with E-state index in [-0.39, 0.29) is 12.5 Å². The van der Waals surface area contributed by atoms with Gasteiger partial charge in [0.2, 0.25) is 0 Å². The van der Waals surface area contributed by atoms with Crippen molar-refractivity contribution in [2.75, 3.05) is 6.61 Å². The number of hydrogen-bond donors (Lipinski definition) is 1. The molecule has 62 valence electrons. The molecule has 0 spiro atoms. The van der Waals surface area contributed by atoms with Crippen LogP contribution in [0.1, 0.15) is 19.8 Å².